The topological polar surface area (TPSA) is 43.9 Å². The molecule has 5 nitrogen and oxygen atoms in total. The third-order valence-electron chi connectivity index (χ3n) is 5.99. The molecule has 0 bridgehead atoms. The highest BCUT2D eigenvalue weighted by molar-refractivity contribution is 5.84. The lowest BCUT2D eigenvalue weighted by Gasteiger charge is -2.27. The van der Waals surface area contributed by atoms with Crippen LogP contribution in [0.15, 0.2) is 30.3 Å². The van der Waals surface area contributed by atoms with Crippen LogP contribution in [0.4, 0.5) is 0 Å². The molecule has 2 amide bonds. The maximum absolute atomic E-state index is 12.7. The predicted octanol–water partition coefficient (Wildman–Crippen LogP) is 1.53. The fourth-order valence-electron chi connectivity index (χ4n) is 4.66. The lowest BCUT2D eigenvalue weighted by Crippen LogP contribution is -2.42. The molecular formula is C20H27N3O2. The van der Waals surface area contributed by atoms with E-state index in [1.807, 2.05) is 35.2 Å². The zero-order valence-corrected chi connectivity index (χ0v) is 14.8. The Morgan fingerprint density at radius 2 is 1.76 bits per heavy atom. The van der Waals surface area contributed by atoms with Gasteiger partial charge in [-0.25, -0.2) is 0 Å². The Bertz CT molecular complexity index is 627. The minimum Gasteiger partial charge on any atom is -0.337 e. The maximum atomic E-state index is 12.7. The molecule has 0 radical (unpaired) electrons. The van der Waals surface area contributed by atoms with Crippen LogP contribution in [0.3, 0.4) is 0 Å². The number of hydrogen-bond acceptors (Lipinski definition) is 3. The van der Waals surface area contributed by atoms with Gasteiger partial charge in [0.15, 0.2) is 0 Å². The highest BCUT2D eigenvalue weighted by Crippen LogP contribution is 2.32. The molecular weight excluding hydrogens is 314 g/mol. The first-order valence-electron chi connectivity index (χ1n) is 9.57. The van der Waals surface area contributed by atoms with Gasteiger partial charge >= 0.3 is 0 Å². The molecule has 0 aromatic heterocycles. The van der Waals surface area contributed by atoms with E-state index in [-0.39, 0.29) is 23.9 Å². The summed E-state index contributed by atoms with van der Waals surface area (Å²) < 4.78 is 0. The fourth-order valence-corrected chi connectivity index (χ4v) is 4.66. The number of fused-ring (bicyclic) bond motifs is 1. The molecule has 3 aliphatic rings. The van der Waals surface area contributed by atoms with E-state index in [1.54, 1.807) is 0 Å². The van der Waals surface area contributed by atoms with Gasteiger partial charge < -0.3 is 14.7 Å². The normalized spacial score (nSPS) is 26.5. The second kappa shape index (κ2) is 7.16. The van der Waals surface area contributed by atoms with Gasteiger partial charge in [0, 0.05) is 26.1 Å². The fraction of sp³-hybridized carbons (Fsp3) is 0.600. The Labute approximate surface area is 149 Å². The number of hydrogen-bond donors (Lipinski definition) is 0. The van der Waals surface area contributed by atoms with E-state index in [2.05, 4.69) is 9.80 Å². The van der Waals surface area contributed by atoms with Crippen LogP contribution in [0.2, 0.25) is 0 Å². The van der Waals surface area contributed by atoms with Crippen molar-refractivity contribution in [2.45, 2.75) is 44.2 Å². The lowest BCUT2D eigenvalue weighted by molar-refractivity contribution is -0.131. The number of amides is 2. The molecule has 2 atom stereocenters. The molecule has 1 aromatic rings. The van der Waals surface area contributed by atoms with Crippen LogP contribution in [0.1, 0.15) is 31.2 Å². The molecule has 3 saturated heterocycles. The highest BCUT2D eigenvalue weighted by atomic mass is 16.2. The van der Waals surface area contributed by atoms with Gasteiger partial charge in [0.1, 0.15) is 0 Å². The first kappa shape index (κ1) is 16.6. The number of nitrogens with zero attached hydrogens (tertiary/aromatic N) is 3. The van der Waals surface area contributed by atoms with Crippen LogP contribution in [0.25, 0.3) is 0 Å². The number of likely N-dealkylation sites (tertiary alicyclic amines) is 3. The highest BCUT2D eigenvalue weighted by Gasteiger charge is 2.47. The van der Waals surface area contributed by atoms with Crippen molar-refractivity contribution in [3.8, 4) is 0 Å². The summed E-state index contributed by atoms with van der Waals surface area (Å²) in [4.78, 5) is 31.7. The van der Waals surface area contributed by atoms with Gasteiger partial charge in [0.25, 0.3) is 0 Å². The molecule has 4 rings (SSSR count). The van der Waals surface area contributed by atoms with Gasteiger partial charge in [-0.15, -0.1) is 0 Å². The summed E-state index contributed by atoms with van der Waals surface area (Å²) in [5.41, 5.74) is 1.05. The Morgan fingerprint density at radius 3 is 2.52 bits per heavy atom. The van der Waals surface area contributed by atoms with E-state index in [1.165, 1.54) is 12.8 Å². The number of rotatable bonds is 5. The SMILES string of the molecule is O=C1C[C@H]2[C@@H](CCN2C(=O)Cc2ccccc2)N1CCN1CCCC1. The molecule has 5 heteroatoms. The van der Waals surface area contributed by atoms with Crippen molar-refractivity contribution in [3.05, 3.63) is 35.9 Å². The number of carbonyl (C=O) groups excluding carboxylic acids is 2. The molecule has 25 heavy (non-hydrogen) atoms. The van der Waals surface area contributed by atoms with Crippen LogP contribution in [-0.4, -0.2) is 71.3 Å². The zero-order valence-electron chi connectivity index (χ0n) is 14.8. The summed E-state index contributed by atoms with van der Waals surface area (Å²) in [6.45, 7) is 4.91. The van der Waals surface area contributed by atoms with E-state index in [0.717, 1.165) is 44.7 Å². The van der Waals surface area contributed by atoms with Crippen LogP contribution in [0, 0.1) is 0 Å². The van der Waals surface area contributed by atoms with E-state index < -0.39 is 0 Å². The summed E-state index contributed by atoms with van der Waals surface area (Å²) in [6, 6.07) is 10.2. The van der Waals surface area contributed by atoms with Crippen LogP contribution in [0.5, 0.6) is 0 Å². The molecule has 0 aliphatic carbocycles. The van der Waals surface area contributed by atoms with Gasteiger partial charge in [-0.05, 0) is 37.9 Å². The predicted molar refractivity (Wildman–Crippen MR) is 96.1 cm³/mol. The van der Waals surface area contributed by atoms with Crippen LogP contribution >= 0.6 is 0 Å². The van der Waals surface area contributed by atoms with Crippen molar-refractivity contribution in [1.29, 1.82) is 0 Å². The molecule has 1 aromatic carbocycles. The molecule has 0 unspecified atom stereocenters. The quantitative estimate of drug-likeness (QED) is 0.816. The van der Waals surface area contributed by atoms with E-state index in [4.69, 9.17) is 0 Å². The minimum atomic E-state index is 0.0855. The summed E-state index contributed by atoms with van der Waals surface area (Å²) >= 11 is 0. The van der Waals surface area contributed by atoms with Crippen molar-refractivity contribution < 1.29 is 9.59 Å². The zero-order chi connectivity index (χ0) is 17.2. The molecule has 0 N–H and O–H groups in total. The molecule has 0 saturated carbocycles. The van der Waals surface area contributed by atoms with Crippen molar-refractivity contribution in [2.75, 3.05) is 32.7 Å². The number of benzene rings is 1. The molecule has 3 heterocycles. The Hall–Kier alpha value is -1.88. The lowest BCUT2D eigenvalue weighted by atomic mass is 10.1. The molecule has 3 fully saturated rings. The van der Waals surface area contributed by atoms with Crippen molar-refractivity contribution in [3.63, 3.8) is 0 Å². The third-order valence-corrected chi connectivity index (χ3v) is 5.99. The van der Waals surface area contributed by atoms with Crippen molar-refractivity contribution in [2.24, 2.45) is 0 Å². The van der Waals surface area contributed by atoms with Crippen molar-refractivity contribution in [1.82, 2.24) is 14.7 Å². The summed E-state index contributed by atoms with van der Waals surface area (Å²) in [6.07, 6.45) is 4.43. The molecule has 0 spiro atoms. The monoisotopic (exact) mass is 341 g/mol. The molecule has 134 valence electrons. The third kappa shape index (κ3) is 3.43. The summed E-state index contributed by atoms with van der Waals surface area (Å²) in [5.74, 6) is 0.388. The minimum absolute atomic E-state index is 0.0855. The van der Waals surface area contributed by atoms with Gasteiger partial charge in [-0.3, -0.25) is 9.59 Å². The average Bonchev–Trinajstić information content (AvgIpc) is 3.31. The maximum Gasteiger partial charge on any atom is 0.227 e. The average molecular weight is 341 g/mol. The van der Waals surface area contributed by atoms with Crippen LogP contribution < -0.4 is 0 Å². The van der Waals surface area contributed by atoms with E-state index in [9.17, 15) is 9.59 Å². The summed E-state index contributed by atoms with van der Waals surface area (Å²) in [7, 11) is 0. The van der Waals surface area contributed by atoms with Gasteiger partial charge in [0.05, 0.1) is 18.5 Å². The standard InChI is InChI=1S/C20H27N3O2/c24-19(14-16-6-2-1-3-7-16)22-11-8-17-18(22)15-20(25)23(17)13-12-21-9-4-5-10-21/h1-3,6-7,17-18H,4-5,8-15H2/t17-,18+/m1/s1. The molecule has 3 aliphatic heterocycles. The second-order valence-corrected chi connectivity index (χ2v) is 7.51. The first-order chi connectivity index (χ1) is 12.2. The Morgan fingerprint density at radius 1 is 1.00 bits per heavy atom. The largest absolute Gasteiger partial charge is 0.337 e. The van der Waals surface area contributed by atoms with Gasteiger partial charge in [-0.2, -0.15) is 0 Å². The van der Waals surface area contributed by atoms with E-state index >= 15 is 0 Å². The Kier molecular flexibility index (Phi) is 4.75. The van der Waals surface area contributed by atoms with Crippen LogP contribution in [-0.2, 0) is 16.0 Å². The first-order valence-corrected chi connectivity index (χ1v) is 9.57. The van der Waals surface area contributed by atoms with Gasteiger partial charge in [0.2, 0.25) is 11.8 Å². The second-order valence-electron chi connectivity index (χ2n) is 7.51. The number of carbonyl (C=O) groups is 2. The van der Waals surface area contributed by atoms with Gasteiger partial charge in [-0.1, -0.05) is 30.3 Å². The smallest absolute Gasteiger partial charge is 0.227 e. The summed E-state index contributed by atoms with van der Waals surface area (Å²) in [5, 5.41) is 0. The van der Waals surface area contributed by atoms with Crippen molar-refractivity contribution >= 4 is 11.8 Å². The Balaban J connectivity index is 1.36. The van der Waals surface area contributed by atoms with E-state index in [0.29, 0.717) is 12.8 Å².